The number of hydrogen-bond donors (Lipinski definition) is 0. The SMILES string of the molecule is FC(F)(F)c1ccc(C2=C(c3ccc(C(F)(F)F)cc3)c3cccc4cccc(c34)O2)cc1. The van der Waals surface area contributed by atoms with Gasteiger partial charge in [-0.25, -0.2) is 0 Å². The fourth-order valence-electron chi connectivity index (χ4n) is 4.01. The first kappa shape index (κ1) is 21.1. The summed E-state index contributed by atoms with van der Waals surface area (Å²) in [5.41, 5.74) is 0.473. The van der Waals surface area contributed by atoms with Crippen molar-refractivity contribution in [3.8, 4) is 5.75 Å². The molecule has 0 saturated heterocycles. The zero-order valence-electron chi connectivity index (χ0n) is 16.8. The van der Waals surface area contributed by atoms with Gasteiger partial charge >= 0.3 is 12.4 Å². The molecular weight excluding hydrogens is 442 g/mol. The predicted molar refractivity (Wildman–Crippen MR) is 113 cm³/mol. The largest absolute Gasteiger partial charge is 0.455 e. The van der Waals surface area contributed by atoms with Gasteiger partial charge in [0.2, 0.25) is 0 Å². The summed E-state index contributed by atoms with van der Waals surface area (Å²) in [5, 5.41) is 1.66. The van der Waals surface area contributed by atoms with Gasteiger partial charge in [-0.05, 0) is 46.8 Å². The molecule has 7 heteroatoms. The van der Waals surface area contributed by atoms with Crippen LogP contribution in [0.5, 0.6) is 5.75 Å². The van der Waals surface area contributed by atoms with E-state index in [1.54, 1.807) is 12.1 Å². The van der Waals surface area contributed by atoms with Crippen LogP contribution in [0, 0.1) is 0 Å². The van der Waals surface area contributed by atoms with Gasteiger partial charge in [0.05, 0.1) is 11.1 Å². The molecule has 0 saturated carbocycles. The maximum absolute atomic E-state index is 13.1. The van der Waals surface area contributed by atoms with Gasteiger partial charge in [-0.3, -0.25) is 0 Å². The molecule has 0 spiro atoms. The Bertz CT molecular complexity index is 1370. The Morgan fingerprint density at radius 2 is 1.06 bits per heavy atom. The molecule has 4 aromatic rings. The van der Waals surface area contributed by atoms with Crippen molar-refractivity contribution in [2.45, 2.75) is 12.4 Å². The lowest BCUT2D eigenvalue weighted by molar-refractivity contribution is -0.138. The molecule has 1 heterocycles. The molecule has 0 aliphatic carbocycles. The van der Waals surface area contributed by atoms with E-state index >= 15 is 0 Å². The van der Waals surface area contributed by atoms with Crippen molar-refractivity contribution in [3.63, 3.8) is 0 Å². The molecule has 0 bridgehead atoms. The first-order chi connectivity index (χ1) is 15.6. The quantitative estimate of drug-likeness (QED) is 0.276. The third-order valence-electron chi connectivity index (χ3n) is 5.55. The highest BCUT2D eigenvalue weighted by Crippen LogP contribution is 2.45. The van der Waals surface area contributed by atoms with Crippen LogP contribution in [0.15, 0.2) is 84.9 Å². The molecule has 0 unspecified atom stereocenters. The lowest BCUT2D eigenvalue weighted by atomic mass is 9.88. The van der Waals surface area contributed by atoms with Gasteiger partial charge in [-0.2, -0.15) is 26.3 Å². The number of benzene rings is 4. The molecule has 1 aliphatic rings. The van der Waals surface area contributed by atoms with E-state index < -0.39 is 23.5 Å². The van der Waals surface area contributed by atoms with Gasteiger partial charge < -0.3 is 4.74 Å². The maximum Gasteiger partial charge on any atom is 0.416 e. The molecule has 33 heavy (non-hydrogen) atoms. The maximum atomic E-state index is 13.1. The normalized spacial score (nSPS) is 13.9. The Morgan fingerprint density at radius 3 is 1.61 bits per heavy atom. The van der Waals surface area contributed by atoms with Crippen molar-refractivity contribution in [2.75, 3.05) is 0 Å². The van der Waals surface area contributed by atoms with Crippen LogP contribution in [-0.2, 0) is 12.4 Å². The van der Waals surface area contributed by atoms with E-state index in [4.69, 9.17) is 4.74 Å². The molecule has 0 aromatic heterocycles. The van der Waals surface area contributed by atoms with Crippen molar-refractivity contribution in [2.24, 2.45) is 0 Å². The first-order valence-electron chi connectivity index (χ1n) is 9.92. The van der Waals surface area contributed by atoms with Crippen molar-refractivity contribution >= 4 is 22.1 Å². The highest BCUT2D eigenvalue weighted by atomic mass is 19.4. The summed E-state index contributed by atoms with van der Waals surface area (Å²) in [6, 6.07) is 20.1. The second-order valence-electron chi connectivity index (χ2n) is 7.62. The second kappa shape index (κ2) is 7.40. The summed E-state index contributed by atoms with van der Waals surface area (Å²) < 4.78 is 84.6. The summed E-state index contributed by atoms with van der Waals surface area (Å²) in [5.74, 6) is 0.795. The standard InChI is InChI=1S/C26H14F6O/c27-25(28,29)18-11-7-16(8-12-18)23-20-5-1-3-15-4-2-6-21(22(15)20)33-24(23)17-9-13-19(14-10-17)26(30,31)32/h1-14H. The molecule has 0 amide bonds. The van der Waals surface area contributed by atoms with E-state index in [9.17, 15) is 26.3 Å². The molecule has 0 fully saturated rings. The molecular formula is C26H14F6O. The van der Waals surface area contributed by atoms with Crippen molar-refractivity contribution in [1.29, 1.82) is 0 Å². The van der Waals surface area contributed by atoms with Crippen molar-refractivity contribution in [1.82, 2.24) is 0 Å². The molecule has 1 nitrogen and oxygen atoms in total. The zero-order valence-corrected chi connectivity index (χ0v) is 16.8. The number of halogens is 6. The Kier molecular flexibility index (Phi) is 4.74. The van der Waals surface area contributed by atoms with Gasteiger partial charge in [0.15, 0.2) is 0 Å². The molecule has 166 valence electrons. The summed E-state index contributed by atoms with van der Waals surface area (Å²) in [6.45, 7) is 0. The Hall–Kier alpha value is -3.74. The van der Waals surface area contributed by atoms with Crippen molar-refractivity contribution < 1.29 is 31.1 Å². The summed E-state index contributed by atoms with van der Waals surface area (Å²) in [6.07, 6.45) is -8.98. The summed E-state index contributed by atoms with van der Waals surface area (Å²) in [4.78, 5) is 0. The minimum Gasteiger partial charge on any atom is -0.455 e. The first-order valence-corrected chi connectivity index (χ1v) is 9.92. The highest BCUT2D eigenvalue weighted by molar-refractivity contribution is 6.10. The molecule has 0 atom stereocenters. The van der Waals surface area contributed by atoms with E-state index in [2.05, 4.69) is 0 Å². The number of rotatable bonds is 2. The van der Waals surface area contributed by atoms with Crippen LogP contribution >= 0.6 is 0 Å². The van der Waals surface area contributed by atoms with Crippen LogP contribution < -0.4 is 4.74 Å². The predicted octanol–water partition coefficient (Wildman–Crippen LogP) is 8.19. The van der Waals surface area contributed by atoms with Crippen LogP contribution in [0.25, 0.3) is 22.1 Å². The number of ether oxygens (including phenoxy) is 1. The minimum atomic E-state index is -4.49. The molecule has 0 N–H and O–H groups in total. The highest BCUT2D eigenvalue weighted by Gasteiger charge is 2.32. The fourth-order valence-corrected chi connectivity index (χ4v) is 4.01. The third-order valence-corrected chi connectivity index (χ3v) is 5.55. The summed E-state index contributed by atoms with van der Waals surface area (Å²) in [7, 11) is 0. The van der Waals surface area contributed by atoms with Crippen LogP contribution in [-0.4, -0.2) is 0 Å². The van der Waals surface area contributed by atoms with Crippen LogP contribution in [0.1, 0.15) is 27.8 Å². The summed E-state index contributed by atoms with van der Waals surface area (Å²) >= 11 is 0. The van der Waals surface area contributed by atoms with Gasteiger partial charge in [0.25, 0.3) is 0 Å². The number of hydrogen-bond acceptors (Lipinski definition) is 1. The monoisotopic (exact) mass is 456 g/mol. The van der Waals surface area contributed by atoms with Crippen molar-refractivity contribution in [3.05, 3.63) is 113 Å². The van der Waals surface area contributed by atoms with E-state index in [0.717, 1.165) is 40.6 Å². The topological polar surface area (TPSA) is 9.23 Å². The van der Waals surface area contributed by atoms with E-state index in [0.29, 0.717) is 22.4 Å². The van der Waals surface area contributed by atoms with Crippen LogP contribution in [0.3, 0.4) is 0 Å². The lowest BCUT2D eigenvalue weighted by Crippen LogP contribution is -2.09. The van der Waals surface area contributed by atoms with Gasteiger partial charge in [-0.1, -0.05) is 54.6 Å². The average Bonchev–Trinajstić information content (AvgIpc) is 2.78. The fraction of sp³-hybridized carbons (Fsp3) is 0.0769. The molecule has 1 aliphatic heterocycles. The molecule has 4 aromatic carbocycles. The van der Waals surface area contributed by atoms with Crippen LogP contribution in [0.4, 0.5) is 26.3 Å². The molecule has 5 rings (SSSR count). The zero-order chi connectivity index (χ0) is 23.4. The number of alkyl halides is 6. The van der Waals surface area contributed by atoms with E-state index in [1.165, 1.54) is 24.3 Å². The third kappa shape index (κ3) is 3.73. The van der Waals surface area contributed by atoms with Gasteiger partial charge in [0.1, 0.15) is 11.5 Å². The lowest BCUT2D eigenvalue weighted by Gasteiger charge is -2.25. The van der Waals surface area contributed by atoms with Gasteiger partial charge in [0, 0.05) is 16.5 Å². The molecule has 0 radical (unpaired) electrons. The Balaban J connectivity index is 1.75. The Labute approximate surface area is 184 Å². The smallest absolute Gasteiger partial charge is 0.416 e. The Morgan fingerprint density at radius 1 is 0.545 bits per heavy atom. The average molecular weight is 456 g/mol. The second-order valence-corrected chi connectivity index (χ2v) is 7.62. The minimum absolute atomic E-state index is 0.273. The van der Waals surface area contributed by atoms with Gasteiger partial charge in [-0.15, -0.1) is 0 Å². The van der Waals surface area contributed by atoms with Crippen LogP contribution in [0.2, 0.25) is 0 Å². The van der Waals surface area contributed by atoms with E-state index in [1.807, 2.05) is 24.3 Å². The van der Waals surface area contributed by atoms with E-state index in [-0.39, 0.29) is 5.76 Å².